The highest BCUT2D eigenvalue weighted by Crippen LogP contribution is 2.46. The SMILES string of the molecule is CC(C)(C)c1ccccc1Nc1ccc2cc3c(cc2c1)oc1cc2c(cc13)oc1cc3cc(N(c4ccccc4C(C)(C)C)c4ccccc4C(C)(C)C)ccc3cc12. The third-order valence-electron chi connectivity index (χ3n) is 12.1. The maximum atomic E-state index is 6.71. The maximum Gasteiger partial charge on any atom is 0.136 e. The van der Waals surface area contributed by atoms with Crippen molar-refractivity contribution in [3.63, 3.8) is 0 Å². The molecule has 0 aliphatic carbocycles. The second-order valence-corrected chi connectivity index (χ2v) is 19.6. The van der Waals surface area contributed by atoms with E-state index in [9.17, 15) is 0 Å². The zero-order valence-electron chi connectivity index (χ0n) is 36.1. The van der Waals surface area contributed by atoms with Crippen molar-refractivity contribution in [2.75, 3.05) is 10.2 Å². The van der Waals surface area contributed by atoms with Gasteiger partial charge in [0.15, 0.2) is 0 Å². The van der Waals surface area contributed by atoms with Gasteiger partial charge in [-0.3, -0.25) is 0 Å². The summed E-state index contributed by atoms with van der Waals surface area (Å²) >= 11 is 0. The van der Waals surface area contributed by atoms with Crippen LogP contribution in [-0.2, 0) is 16.2 Å². The van der Waals surface area contributed by atoms with Crippen LogP contribution in [0.5, 0.6) is 0 Å². The molecule has 10 rings (SSSR count). The Morgan fingerprint density at radius 3 is 1.35 bits per heavy atom. The Morgan fingerprint density at radius 2 is 0.817 bits per heavy atom. The monoisotopic (exact) mass is 784 g/mol. The molecule has 10 aromatic rings. The van der Waals surface area contributed by atoms with Gasteiger partial charge in [-0.1, -0.05) is 129 Å². The van der Waals surface area contributed by atoms with Gasteiger partial charge in [0.2, 0.25) is 0 Å². The average molecular weight is 785 g/mol. The van der Waals surface area contributed by atoms with Crippen molar-refractivity contribution in [2.45, 2.75) is 78.6 Å². The van der Waals surface area contributed by atoms with Crippen molar-refractivity contribution >= 4 is 93.9 Å². The smallest absolute Gasteiger partial charge is 0.136 e. The van der Waals surface area contributed by atoms with E-state index in [2.05, 4.69) is 218 Å². The molecule has 0 atom stereocenters. The summed E-state index contributed by atoms with van der Waals surface area (Å²) in [5, 5.41) is 12.5. The van der Waals surface area contributed by atoms with Crippen LogP contribution in [0.25, 0.3) is 65.4 Å². The Hall–Kier alpha value is -6.52. The zero-order valence-corrected chi connectivity index (χ0v) is 36.1. The quantitative estimate of drug-likeness (QED) is 0.189. The molecule has 2 heterocycles. The van der Waals surface area contributed by atoms with Crippen molar-refractivity contribution in [1.82, 2.24) is 0 Å². The topological polar surface area (TPSA) is 41.6 Å². The van der Waals surface area contributed by atoms with E-state index in [4.69, 9.17) is 8.83 Å². The molecule has 4 heteroatoms. The summed E-state index contributed by atoms with van der Waals surface area (Å²) in [5.74, 6) is 0. The Morgan fingerprint density at radius 1 is 0.383 bits per heavy atom. The highest BCUT2D eigenvalue weighted by molar-refractivity contribution is 6.18. The van der Waals surface area contributed by atoms with Gasteiger partial charge in [0, 0.05) is 50.0 Å². The average Bonchev–Trinajstić information content (AvgIpc) is 3.73. The van der Waals surface area contributed by atoms with E-state index in [1.54, 1.807) is 0 Å². The predicted molar refractivity (Wildman–Crippen MR) is 257 cm³/mol. The van der Waals surface area contributed by atoms with E-state index in [0.717, 1.165) is 82.5 Å². The first-order chi connectivity index (χ1) is 28.6. The predicted octanol–water partition coefficient (Wildman–Crippen LogP) is 16.9. The van der Waals surface area contributed by atoms with Crippen LogP contribution in [-0.4, -0.2) is 0 Å². The van der Waals surface area contributed by atoms with Gasteiger partial charge in [0.1, 0.15) is 22.3 Å². The van der Waals surface area contributed by atoms with E-state index in [1.807, 2.05) is 0 Å². The normalized spacial score (nSPS) is 12.8. The molecule has 0 saturated heterocycles. The summed E-state index contributed by atoms with van der Waals surface area (Å²) < 4.78 is 13.3. The molecular formula is C56H52N2O2. The Labute approximate surface area is 352 Å². The molecule has 0 radical (unpaired) electrons. The van der Waals surface area contributed by atoms with Crippen molar-refractivity contribution in [1.29, 1.82) is 0 Å². The molecule has 0 fully saturated rings. The molecule has 4 nitrogen and oxygen atoms in total. The van der Waals surface area contributed by atoms with Crippen molar-refractivity contribution < 1.29 is 8.83 Å². The number of benzene rings is 8. The van der Waals surface area contributed by atoms with E-state index in [1.165, 1.54) is 28.1 Å². The third kappa shape index (κ3) is 6.46. The van der Waals surface area contributed by atoms with Crippen molar-refractivity contribution in [2.24, 2.45) is 0 Å². The second kappa shape index (κ2) is 13.5. The summed E-state index contributed by atoms with van der Waals surface area (Å²) in [6, 6.07) is 52.8. The molecule has 0 amide bonds. The fourth-order valence-electron chi connectivity index (χ4n) is 9.15. The van der Waals surface area contributed by atoms with Crippen LogP contribution >= 0.6 is 0 Å². The lowest BCUT2D eigenvalue weighted by Crippen LogP contribution is -2.22. The lowest BCUT2D eigenvalue weighted by molar-refractivity contribution is 0.587. The van der Waals surface area contributed by atoms with Gasteiger partial charge in [0.05, 0.1) is 0 Å². The summed E-state index contributed by atoms with van der Waals surface area (Å²) in [5.41, 5.74) is 12.9. The van der Waals surface area contributed by atoms with Crippen LogP contribution in [0.4, 0.5) is 28.4 Å². The van der Waals surface area contributed by atoms with Gasteiger partial charge in [-0.15, -0.1) is 0 Å². The van der Waals surface area contributed by atoms with Crippen LogP contribution < -0.4 is 10.2 Å². The van der Waals surface area contributed by atoms with Gasteiger partial charge in [-0.25, -0.2) is 0 Å². The molecule has 0 saturated carbocycles. The van der Waals surface area contributed by atoms with Crippen LogP contribution in [0.15, 0.2) is 154 Å². The van der Waals surface area contributed by atoms with E-state index >= 15 is 0 Å². The van der Waals surface area contributed by atoms with Crippen LogP contribution in [0.3, 0.4) is 0 Å². The first-order valence-electron chi connectivity index (χ1n) is 21.2. The zero-order chi connectivity index (χ0) is 41.7. The number of nitrogens with zero attached hydrogens (tertiary/aromatic N) is 1. The van der Waals surface area contributed by atoms with Crippen molar-refractivity contribution in [3.05, 3.63) is 162 Å². The highest BCUT2D eigenvalue weighted by Gasteiger charge is 2.28. The summed E-state index contributed by atoms with van der Waals surface area (Å²) in [6.45, 7) is 20.5. The number of fused-ring (bicyclic) bond motifs is 8. The minimum absolute atomic E-state index is 0.0303. The lowest BCUT2D eigenvalue weighted by atomic mass is 9.83. The lowest BCUT2D eigenvalue weighted by Gasteiger charge is -2.35. The van der Waals surface area contributed by atoms with E-state index in [-0.39, 0.29) is 16.2 Å². The van der Waals surface area contributed by atoms with Crippen LogP contribution in [0.2, 0.25) is 0 Å². The van der Waals surface area contributed by atoms with E-state index in [0.29, 0.717) is 0 Å². The number of furan rings is 2. The second-order valence-electron chi connectivity index (χ2n) is 19.6. The first-order valence-corrected chi connectivity index (χ1v) is 21.2. The summed E-state index contributed by atoms with van der Waals surface area (Å²) in [6.07, 6.45) is 0. The number of hydrogen-bond acceptors (Lipinski definition) is 4. The molecule has 0 spiro atoms. The molecule has 60 heavy (non-hydrogen) atoms. The number of para-hydroxylation sites is 3. The molecule has 0 aliphatic heterocycles. The molecule has 1 N–H and O–H groups in total. The molecule has 0 bridgehead atoms. The van der Waals surface area contributed by atoms with Crippen LogP contribution in [0.1, 0.15) is 79.0 Å². The number of anilines is 5. The van der Waals surface area contributed by atoms with Crippen molar-refractivity contribution in [3.8, 4) is 0 Å². The van der Waals surface area contributed by atoms with Crippen LogP contribution in [0, 0.1) is 0 Å². The molecule has 298 valence electrons. The Balaban J connectivity index is 1.07. The standard InChI is InChI=1S/C56H52N2O2/c1-54(2,3)44-16-10-13-19-47(44)57-38-24-22-34-28-40-42-32-53-43(33-52(42)59-50(40)30-36(34)26-38)41-29-35-23-25-39(27-37(35)31-51(41)60-53)58(48-20-14-11-17-45(48)55(4,5)6)49-21-15-12-18-46(49)56(7,8)9/h10-33,57H,1-9H3. The fourth-order valence-corrected chi connectivity index (χ4v) is 9.15. The fraction of sp³-hybridized carbons (Fsp3) is 0.214. The Kier molecular flexibility index (Phi) is 8.49. The maximum absolute atomic E-state index is 6.71. The summed E-state index contributed by atoms with van der Waals surface area (Å²) in [4.78, 5) is 2.45. The number of hydrogen-bond donors (Lipinski definition) is 1. The van der Waals surface area contributed by atoms with Gasteiger partial charge in [0.25, 0.3) is 0 Å². The van der Waals surface area contributed by atoms with E-state index < -0.39 is 0 Å². The number of nitrogens with one attached hydrogen (secondary N) is 1. The molecule has 0 unspecified atom stereocenters. The number of rotatable bonds is 5. The molecule has 0 aliphatic rings. The largest absolute Gasteiger partial charge is 0.456 e. The van der Waals surface area contributed by atoms with Gasteiger partial charge < -0.3 is 19.1 Å². The first kappa shape index (κ1) is 37.7. The van der Waals surface area contributed by atoms with Gasteiger partial charge in [-0.2, -0.15) is 0 Å². The Bertz CT molecular complexity index is 3250. The third-order valence-corrected chi connectivity index (χ3v) is 12.1. The van der Waals surface area contributed by atoms with Gasteiger partial charge in [-0.05, 0) is 133 Å². The minimum atomic E-state index is -0.0549. The summed E-state index contributed by atoms with van der Waals surface area (Å²) in [7, 11) is 0. The van der Waals surface area contributed by atoms with Gasteiger partial charge >= 0.3 is 0 Å². The molecule has 8 aromatic carbocycles. The molecular weight excluding hydrogens is 733 g/mol. The minimum Gasteiger partial charge on any atom is -0.456 e. The highest BCUT2D eigenvalue weighted by atomic mass is 16.3. The molecule has 2 aromatic heterocycles.